The van der Waals surface area contributed by atoms with Crippen LogP contribution in [0.15, 0.2) is 91.1 Å². The Kier molecular flexibility index (Phi) is 7.19. The summed E-state index contributed by atoms with van der Waals surface area (Å²) in [7, 11) is 1.44. The van der Waals surface area contributed by atoms with Gasteiger partial charge in [0.2, 0.25) is 6.41 Å². The molecule has 6 nitrogen and oxygen atoms in total. The van der Waals surface area contributed by atoms with Crippen molar-refractivity contribution >= 4 is 18.1 Å². The minimum atomic E-state index is -1.15. The number of anilines is 1. The summed E-state index contributed by atoms with van der Waals surface area (Å²) in [6.45, 7) is 0.384. The number of hydrogen-bond acceptors (Lipinski definition) is 4. The van der Waals surface area contributed by atoms with Gasteiger partial charge in [-0.3, -0.25) is 4.79 Å². The molecule has 0 fully saturated rings. The van der Waals surface area contributed by atoms with E-state index < -0.39 is 5.97 Å². The first-order valence-corrected chi connectivity index (χ1v) is 10.8. The van der Waals surface area contributed by atoms with Crippen LogP contribution in [0.25, 0.3) is 11.1 Å². The largest absolute Gasteiger partial charge is 0.495 e. The molecule has 1 heterocycles. The molecule has 0 unspecified atom stereocenters. The fraction of sp³-hybridized carbons (Fsp3) is 0.0690. The molecule has 0 atom stereocenters. The van der Waals surface area contributed by atoms with Gasteiger partial charge in [0.25, 0.3) is 0 Å². The number of hydrogen-bond donors (Lipinski definition) is 1. The predicted molar refractivity (Wildman–Crippen MR) is 134 cm³/mol. The highest BCUT2D eigenvalue weighted by atomic mass is 16.5. The van der Waals surface area contributed by atoms with Gasteiger partial charge in [-0.2, -0.15) is 0 Å². The van der Waals surface area contributed by atoms with Gasteiger partial charge in [-0.25, -0.2) is 9.78 Å². The minimum Gasteiger partial charge on any atom is -0.495 e. The molecule has 35 heavy (non-hydrogen) atoms. The standard InChI is InChI=1S/C29H22N2O4/c1-35-28-17-26(29(33)34)30-18-25(28)16-15-24-9-5-6-10-27(24)31(20-32)19-21-11-13-23(14-12-21)22-7-3-2-4-8-22/h2-14,17-18,20H,19H2,1H3,(H,33,34). The van der Waals surface area contributed by atoms with Crippen molar-refractivity contribution in [2.24, 2.45) is 0 Å². The maximum atomic E-state index is 12.0. The normalized spacial score (nSPS) is 10.1. The van der Waals surface area contributed by atoms with E-state index in [1.807, 2.05) is 66.7 Å². The minimum absolute atomic E-state index is 0.127. The maximum Gasteiger partial charge on any atom is 0.354 e. The summed E-state index contributed by atoms with van der Waals surface area (Å²) in [5.41, 5.74) is 4.85. The number of carboxylic acids is 1. The maximum absolute atomic E-state index is 12.0. The van der Waals surface area contributed by atoms with E-state index >= 15 is 0 Å². The van der Waals surface area contributed by atoms with Crippen LogP contribution in [0.5, 0.6) is 5.75 Å². The van der Waals surface area contributed by atoms with Crippen molar-refractivity contribution in [3.05, 3.63) is 114 Å². The molecular formula is C29H22N2O4. The van der Waals surface area contributed by atoms with Crippen LogP contribution in [0.1, 0.15) is 27.2 Å². The number of pyridine rings is 1. The van der Waals surface area contributed by atoms with Gasteiger partial charge in [-0.05, 0) is 28.8 Å². The van der Waals surface area contributed by atoms with Crippen LogP contribution < -0.4 is 9.64 Å². The summed E-state index contributed by atoms with van der Waals surface area (Å²) in [5.74, 6) is 5.22. The van der Waals surface area contributed by atoms with Gasteiger partial charge in [0, 0.05) is 17.8 Å². The molecule has 1 aromatic heterocycles. The van der Waals surface area contributed by atoms with Gasteiger partial charge in [-0.15, -0.1) is 0 Å². The average Bonchev–Trinajstić information content (AvgIpc) is 2.91. The molecule has 1 N–H and O–H groups in total. The number of nitrogens with zero attached hydrogens (tertiary/aromatic N) is 2. The Bertz CT molecular complexity index is 1400. The number of carbonyl (C=O) groups is 2. The van der Waals surface area contributed by atoms with Crippen molar-refractivity contribution in [1.82, 2.24) is 4.98 Å². The van der Waals surface area contributed by atoms with E-state index in [-0.39, 0.29) is 5.69 Å². The molecule has 3 aromatic carbocycles. The third-order valence-corrected chi connectivity index (χ3v) is 5.39. The van der Waals surface area contributed by atoms with Crippen molar-refractivity contribution in [3.8, 4) is 28.7 Å². The fourth-order valence-electron chi connectivity index (χ4n) is 3.59. The van der Waals surface area contributed by atoms with Crippen LogP contribution in [-0.2, 0) is 11.3 Å². The van der Waals surface area contributed by atoms with Crippen molar-refractivity contribution in [2.75, 3.05) is 12.0 Å². The molecule has 0 saturated heterocycles. The number of ether oxygens (including phenoxy) is 1. The van der Waals surface area contributed by atoms with Crippen molar-refractivity contribution in [3.63, 3.8) is 0 Å². The van der Waals surface area contributed by atoms with Crippen molar-refractivity contribution in [1.29, 1.82) is 0 Å². The van der Waals surface area contributed by atoms with Gasteiger partial charge in [0.1, 0.15) is 5.75 Å². The highest BCUT2D eigenvalue weighted by molar-refractivity contribution is 5.86. The predicted octanol–water partition coefficient (Wildman–Crippen LogP) is 5.02. The molecule has 1 amide bonds. The zero-order chi connectivity index (χ0) is 24.6. The molecule has 0 saturated carbocycles. The van der Waals surface area contributed by atoms with Crippen LogP contribution in [0, 0.1) is 11.8 Å². The second kappa shape index (κ2) is 10.8. The van der Waals surface area contributed by atoms with E-state index in [4.69, 9.17) is 9.84 Å². The summed E-state index contributed by atoms with van der Waals surface area (Å²) in [4.78, 5) is 28.7. The van der Waals surface area contributed by atoms with E-state index in [0.29, 0.717) is 29.1 Å². The third kappa shape index (κ3) is 5.55. The molecule has 0 aliphatic rings. The Labute approximate surface area is 203 Å². The van der Waals surface area contributed by atoms with Crippen LogP contribution in [0.4, 0.5) is 5.69 Å². The fourth-order valence-corrected chi connectivity index (χ4v) is 3.59. The molecule has 6 heteroatoms. The molecule has 0 aliphatic heterocycles. The molecule has 0 spiro atoms. The van der Waals surface area contributed by atoms with Gasteiger partial charge >= 0.3 is 5.97 Å². The van der Waals surface area contributed by atoms with Gasteiger partial charge in [0.15, 0.2) is 5.69 Å². The van der Waals surface area contributed by atoms with Crippen molar-refractivity contribution < 1.29 is 19.4 Å². The Morgan fingerprint density at radius 3 is 2.29 bits per heavy atom. The quantitative estimate of drug-likeness (QED) is 0.308. The number of carbonyl (C=O) groups excluding carboxylic acids is 1. The first-order chi connectivity index (χ1) is 17.1. The lowest BCUT2D eigenvalue weighted by molar-refractivity contribution is -0.107. The lowest BCUT2D eigenvalue weighted by Crippen LogP contribution is -2.21. The summed E-state index contributed by atoms with van der Waals surface area (Å²) in [6.07, 6.45) is 2.15. The van der Waals surface area contributed by atoms with E-state index in [1.165, 1.54) is 19.4 Å². The van der Waals surface area contributed by atoms with E-state index in [0.717, 1.165) is 23.1 Å². The Hall–Kier alpha value is -4.89. The van der Waals surface area contributed by atoms with Gasteiger partial charge in [0.05, 0.1) is 24.9 Å². The van der Waals surface area contributed by atoms with E-state index in [2.05, 4.69) is 29.0 Å². The number of carboxylic acid groups (broad SMARTS) is 1. The lowest BCUT2D eigenvalue weighted by atomic mass is 10.0. The number of amides is 1. The smallest absolute Gasteiger partial charge is 0.354 e. The summed E-state index contributed by atoms with van der Waals surface area (Å²) >= 11 is 0. The number of para-hydroxylation sites is 1. The number of benzene rings is 3. The number of aromatic carboxylic acids is 1. The van der Waals surface area contributed by atoms with Crippen molar-refractivity contribution in [2.45, 2.75) is 6.54 Å². The molecule has 172 valence electrons. The number of rotatable bonds is 7. The first kappa shape index (κ1) is 23.3. The SMILES string of the molecule is COc1cc(C(=O)O)ncc1C#Cc1ccccc1N(C=O)Cc1ccc(-c2ccccc2)cc1. The summed E-state index contributed by atoms with van der Waals surface area (Å²) in [5, 5.41) is 9.13. The van der Waals surface area contributed by atoms with Gasteiger partial charge in [-0.1, -0.05) is 78.6 Å². The molecule has 4 rings (SSSR count). The molecule has 4 aromatic rings. The molecule has 0 radical (unpaired) electrons. The Morgan fingerprint density at radius 1 is 0.943 bits per heavy atom. The Balaban J connectivity index is 1.59. The molecular weight excluding hydrogens is 440 g/mol. The summed E-state index contributed by atoms with van der Waals surface area (Å²) in [6, 6.07) is 26.9. The zero-order valence-corrected chi connectivity index (χ0v) is 19.0. The first-order valence-electron chi connectivity index (χ1n) is 10.8. The van der Waals surface area contributed by atoms with E-state index in [9.17, 15) is 9.59 Å². The monoisotopic (exact) mass is 462 g/mol. The molecule has 0 bridgehead atoms. The Morgan fingerprint density at radius 2 is 1.60 bits per heavy atom. The number of aromatic nitrogens is 1. The average molecular weight is 463 g/mol. The highest BCUT2D eigenvalue weighted by Crippen LogP contribution is 2.24. The molecule has 0 aliphatic carbocycles. The van der Waals surface area contributed by atoms with Crippen LogP contribution in [0.3, 0.4) is 0 Å². The number of methoxy groups -OCH3 is 1. The van der Waals surface area contributed by atoms with Gasteiger partial charge < -0.3 is 14.7 Å². The second-order valence-electron chi connectivity index (χ2n) is 7.64. The third-order valence-electron chi connectivity index (χ3n) is 5.39. The topological polar surface area (TPSA) is 79.7 Å². The van der Waals surface area contributed by atoms with Crippen LogP contribution >= 0.6 is 0 Å². The van der Waals surface area contributed by atoms with Crippen LogP contribution in [-0.4, -0.2) is 29.6 Å². The second-order valence-corrected chi connectivity index (χ2v) is 7.64. The highest BCUT2D eigenvalue weighted by Gasteiger charge is 2.12. The summed E-state index contributed by atoms with van der Waals surface area (Å²) < 4.78 is 5.27. The van der Waals surface area contributed by atoms with Crippen LogP contribution in [0.2, 0.25) is 0 Å². The zero-order valence-electron chi connectivity index (χ0n) is 19.0. The lowest BCUT2D eigenvalue weighted by Gasteiger charge is -2.19. The van der Waals surface area contributed by atoms with E-state index in [1.54, 1.807) is 4.90 Å².